The zero-order chi connectivity index (χ0) is 10.8. The van der Waals surface area contributed by atoms with E-state index in [2.05, 4.69) is 6.92 Å². The monoisotopic (exact) mass is 198 g/mol. The summed E-state index contributed by atoms with van der Waals surface area (Å²) in [4.78, 5) is 0. The van der Waals surface area contributed by atoms with Crippen LogP contribution in [0.1, 0.15) is 18.9 Å². The lowest BCUT2D eigenvalue weighted by atomic mass is 10.1. The van der Waals surface area contributed by atoms with Gasteiger partial charge in [0.2, 0.25) is 0 Å². The van der Waals surface area contributed by atoms with Crippen LogP contribution in [0.4, 0.5) is 0 Å². The average Bonchev–Trinajstić information content (AvgIpc) is 2.22. The molecule has 0 amide bonds. The molecule has 0 fully saturated rings. The number of aliphatic hydroxyl groups excluding tert-OH is 2. The Morgan fingerprint density at radius 2 is 1.50 bits per heavy atom. The SMILES string of the molecule is CCCc1ccc(O)cc1.OCCO. The van der Waals surface area contributed by atoms with Gasteiger partial charge in [0.1, 0.15) is 5.75 Å². The summed E-state index contributed by atoms with van der Waals surface area (Å²) in [6.07, 6.45) is 2.26. The molecule has 0 aliphatic heterocycles. The van der Waals surface area contributed by atoms with Gasteiger partial charge in [-0.2, -0.15) is 0 Å². The van der Waals surface area contributed by atoms with Crippen LogP contribution in [0, 0.1) is 0 Å². The molecular formula is C11H18O3. The summed E-state index contributed by atoms with van der Waals surface area (Å²) in [5.74, 6) is 0.347. The highest BCUT2D eigenvalue weighted by atomic mass is 16.3. The first-order valence-electron chi connectivity index (χ1n) is 4.74. The Bertz CT molecular complexity index is 216. The zero-order valence-corrected chi connectivity index (χ0v) is 8.48. The van der Waals surface area contributed by atoms with Gasteiger partial charge >= 0.3 is 0 Å². The Morgan fingerprint density at radius 1 is 1.00 bits per heavy atom. The lowest BCUT2D eigenvalue weighted by molar-refractivity contribution is 0.186. The van der Waals surface area contributed by atoms with Crippen molar-refractivity contribution in [3.05, 3.63) is 29.8 Å². The summed E-state index contributed by atoms with van der Waals surface area (Å²) in [5.41, 5.74) is 1.29. The number of aromatic hydroxyl groups is 1. The fourth-order valence-corrected chi connectivity index (χ4v) is 0.951. The Balaban J connectivity index is 0.000000364. The van der Waals surface area contributed by atoms with Crippen molar-refractivity contribution < 1.29 is 15.3 Å². The first kappa shape index (κ1) is 12.9. The van der Waals surface area contributed by atoms with Gasteiger partial charge in [-0.1, -0.05) is 25.5 Å². The van der Waals surface area contributed by atoms with Crippen molar-refractivity contribution in [2.45, 2.75) is 19.8 Å². The van der Waals surface area contributed by atoms with Crippen molar-refractivity contribution >= 4 is 0 Å². The highest BCUT2D eigenvalue weighted by molar-refractivity contribution is 5.25. The summed E-state index contributed by atoms with van der Waals surface area (Å²) < 4.78 is 0. The Hall–Kier alpha value is -1.06. The summed E-state index contributed by atoms with van der Waals surface area (Å²) in [6.45, 7) is 1.90. The predicted octanol–water partition coefficient (Wildman–Crippen LogP) is 1.32. The molecule has 1 rings (SSSR count). The lowest BCUT2D eigenvalue weighted by Gasteiger charge is -1.96. The molecule has 1 aromatic rings. The molecule has 3 nitrogen and oxygen atoms in total. The van der Waals surface area contributed by atoms with Crippen LogP contribution in [0.5, 0.6) is 5.75 Å². The lowest BCUT2D eigenvalue weighted by Crippen LogP contribution is -1.85. The average molecular weight is 198 g/mol. The van der Waals surface area contributed by atoms with Crippen molar-refractivity contribution in [1.82, 2.24) is 0 Å². The molecule has 0 heterocycles. The quantitative estimate of drug-likeness (QED) is 0.686. The van der Waals surface area contributed by atoms with Crippen molar-refractivity contribution in [3.63, 3.8) is 0 Å². The van der Waals surface area contributed by atoms with Crippen LogP contribution in [0.25, 0.3) is 0 Å². The third-order valence-corrected chi connectivity index (χ3v) is 1.58. The van der Waals surface area contributed by atoms with Crippen molar-refractivity contribution in [1.29, 1.82) is 0 Å². The number of phenolic OH excluding ortho intramolecular Hbond substituents is 1. The molecule has 0 atom stereocenters. The molecule has 1 aromatic carbocycles. The Morgan fingerprint density at radius 3 is 1.86 bits per heavy atom. The van der Waals surface area contributed by atoms with E-state index in [0.717, 1.165) is 12.8 Å². The highest BCUT2D eigenvalue weighted by Gasteiger charge is 1.89. The van der Waals surface area contributed by atoms with E-state index >= 15 is 0 Å². The molecular weight excluding hydrogens is 180 g/mol. The minimum atomic E-state index is -0.125. The van der Waals surface area contributed by atoms with Gasteiger partial charge < -0.3 is 15.3 Å². The van der Waals surface area contributed by atoms with E-state index < -0.39 is 0 Å². The minimum absolute atomic E-state index is 0.125. The molecule has 14 heavy (non-hydrogen) atoms. The molecule has 80 valence electrons. The first-order valence-corrected chi connectivity index (χ1v) is 4.74. The maximum atomic E-state index is 8.92. The topological polar surface area (TPSA) is 60.7 Å². The van der Waals surface area contributed by atoms with Gasteiger partial charge in [0, 0.05) is 0 Å². The van der Waals surface area contributed by atoms with Crippen LogP contribution in [-0.2, 0) is 6.42 Å². The van der Waals surface area contributed by atoms with Gasteiger partial charge in [-0.05, 0) is 24.1 Å². The van der Waals surface area contributed by atoms with Crippen molar-refractivity contribution in [2.24, 2.45) is 0 Å². The third-order valence-electron chi connectivity index (χ3n) is 1.58. The van der Waals surface area contributed by atoms with Crippen molar-refractivity contribution in [2.75, 3.05) is 13.2 Å². The van der Waals surface area contributed by atoms with Crippen LogP contribution in [-0.4, -0.2) is 28.5 Å². The Labute approximate surface area is 84.6 Å². The summed E-state index contributed by atoms with van der Waals surface area (Å²) in [6, 6.07) is 7.37. The van der Waals surface area contributed by atoms with Gasteiger partial charge in [0.25, 0.3) is 0 Å². The van der Waals surface area contributed by atoms with Gasteiger partial charge in [-0.15, -0.1) is 0 Å². The molecule has 0 saturated heterocycles. The summed E-state index contributed by atoms with van der Waals surface area (Å²) >= 11 is 0. The van der Waals surface area contributed by atoms with E-state index in [1.807, 2.05) is 12.1 Å². The fraction of sp³-hybridized carbons (Fsp3) is 0.455. The van der Waals surface area contributed by atoms with Crippen LogP contribution in [0.2, 0.25) is 0 Å². The van der Waals surface area contributed by atoms with Crippen LogP contribution >= 0.6 is 0 Å². The van der Waals surface area contributed by atoms with E-state index in [1.165, 1.54) is 5.56 Å². The highest BCUT2D eigenvalue weighted by Crippen LogP contribution is 2.10. The number of aryl methyl sites for hydroxylation is 1. The fourth-order valence-electron chi connectivity index (χ4n) is 0.951. The predicted molar refractivity (Wildman–Crippen MR) is 56.3 cm³/mol. The van der Waals surface area contributed by atoms with Crippen LogP contribution in [0.15, 0.2) is 24.3 Å². The Kier molecular flexibility index (Phi) is 7.89. The molecule has 0 aliphatic rings. The third kappa shape index (κ3) is 6.46. The first-order chi connectivity index (χ1) is 6.74. The molecule has 0 spiro atoms. The second-order valence-electron chi connectivity index (χ2n) is 2.86. The summed E-state index contributed by atoms with van der Waals surface area (Å²) in [5, 5.41) is 24.2. The maximum Gasteiger partial charge on any atom is 0.115 e. The van der Waals surface area contributed by atoms with Crippen LogP contribution < -0.4 is 0 Å². The number of hydrogen-bond donors (Lipinski definition) is 3. The largest absolute Gasteiger partial charge is 0.508 e. The number of aliphatic hydroxyl groups is 2. The smallest absolute Gasteiger partial charge is 0.115 e. The number of benzene rings is 1. The van der Waals surface area contributed by atoms with Gasteiger partial charge in [-0.3, -0.25) is 0 Å². The van der Waals surface area contributed by atoms with E-state index in [-0.39, 0.29) is 13.2 Å². The van der Waals surface area contributed by atoms with E-state index in [4.69, 9.17) is 15.3 Å². The summed E-state index contributed by atoms with van der Waals surface area (Å²) in [7, 11) is 0. The van der Waals surface area contributed by atoms with Gasteiger partial charge in [0.15, 0.2) is 0 Å². The molecule has 0 saturated carbocycles. The minimum Gasteiger partial charge on any atom is -0.508 e. The molecule has 0 aliphatic carbocycles. The van der Waals surface area contributed by atoms with Crippen LogP contribution in [0.3, 0.4) is 0 Å². The molecule has 0 radical (unpaired) electrons. The van der Waals surface area contributed by atoms with Crippen molar-refractivity contribution in [3.8, 4) is 5.75 Å². The van der Waals surface area contributed by atoms with Gasteiger partial charge in [0.05, 0.1) is 13.2 Å². The van der Waals surface area contributed by atoms with E-state index in [1.54, 1.807) is 12.1 Å². The second-order valence-corrected chi connectivity index (χ2v) is 2.86. The van der Waals surface area contributed by atoms with E-state index in [0.29, 0.717) is 5.75 Å². The standard InChI is InChI=1S/C9H12O.C2H6O2/c1-2-3-8-4-6-9(10)7-5-8;3-1-2-4/h4-7,10H,2-3H2,1H3;3-4H,1-2H2. The van der Waals surface area contributed by atoms with Gasteiger partial charge in [-0.25, -0.2) is 0 Å². The molecule has 0 bridgehead atoms. The zero-order valence-electron chi connectivity index (χ0n) is 8.48. The number of phenols is 1. The number of hydrogen-bond acceptors (Lipinski definition) is 3. The second kappa shape index (κ2) is 8.53. The number of rotatable bonds is 3. The molecule has 0 aromatic heterocycles. The normalized spacial score (nSPS) is 9.07. The molecule has 0 unspecified atom stereocenters. The molecule has 3 N–H and O–H groups in total. The maximum absolute atomic E-state index is 8.92. The van der Waals surface area contributed by atoms with E-state index in [9.17, 15) is 0 Å². The molecule has 3 heteroatoms.